The van der Waals surface area contributed by atoms with Gasteiger partial charge < -0.3 is 9.80 Å². The van der Waals surface area contributed by atoms with Crippen molar-refractivity contribution in [2.24, 2.45) is 0 Å². The minimum Gasteiger partial charge on any atom is -0.310 e. The average Bonchev–Trinajstić information content (AvgIpc) is 3.20. The predicted octanol–water partition coefficient (Wildman–Crippen LogP) is 18.2. The Labute approximate surface area is 372 Å². The molecule has 0 radical (unpaired) electrons. The second-order valence-electron chi connectivity index (χ2n) is 20.8. The van der Waals surface area contributed by atoms with E-state index in [0.29, 0.717) is 11.8 Å². The van der Waals surface area contributed by atoms with E-state index < -0.39 is 0 Å². The highest BCUT2D eigenvalue weighted by Crippen LogP contribution is 2.49. The maximum Gasteiger partial charge on any atom is 0.0546 e. The van der Waals surface area contributed by atoms with Gasteiger partial charge in [0.05, 0.1) is 11.4 Å². The minimum absolute atomic E-state index is 0.00969. The van der Waals surface area contributed by atoms with Gasteiger partial charge in [0.1, 0.15) is 0 Å². The Balaban J connectivity index is 1.50. The molecule has 0 fully saturated rings. The quantitative estimate of drug-likeness (QED) is 0.141. The fourth-order valence-electron chi connectivity index (χ4n) is 9.30. The first kappa shape index (κ1) is 42.8. The molecule has 316 valence electrons. The van der Waals surface area contributed by atoms with Gasteiger partial charge in [-0.05, 0) is 177 Å². The van der Waals surface area contributed by atoms with Gasteiger partial charge in [-0.2, -0.15) is 0 Å². The van der Waals surface area contributed by atoms with Crippen LogP contribution >= 0.6 is 0 Å². The van der Waals surface area contributed by atoms with Crippen LogP contribution in [0.25, 0.3) is 32.3 Å². The van der Waals surface area contributed by atoms with E-state index in [1.165, 1.54) is 111 Å². The van der Waals surface area contributed by atoms with Crippen LogP contribution in [0, 0.1) is 27.7 Å². The molecule has 0 aliphatic rings. The van der Waals surface area contributed by atoms with Crippen molar-refractivity contribution in [3.63, 3.8) is 0 Å². The lowest BCUT2D eigenvalue weighted by Crippen LogP contribution is -2.16. The van der Waals surface area contributed by atoms with Crippen molar-refractivity contribution in [3.05, 3.63) is 178 Å². The van der Waals surface area contributed by atoms with Gasteiger partial charge in [0.25, 0.3) is 0 Å². The van der Waals surface area contributed by atoms with Crippen LogP contribution in [-0.2, 0) is 10.8 Å². The van der Waals surface area contributed by atoms with E-state index in [9.17, 15) is 0 Å². The Morgan fingerprint density at radius 1 is 0.339 bits per heavy atom. The molecule has 0 spiro atoms. The molecule has 0 bridgehead atoms. The lowest BCUT2D eigenvalue weighted by molar-refractivity contribution is 0.589. The average molecular weight is 815 g/mol. The van der Waals surface area contributed by atoms with E-state index in [1.807, 2.05) is 0 Å². The maximum absolute atomic E-state index is 2.54. The summed E-state index contributed by atoms with van der Waals surface area (Å²) in [5, 5.41) is 7.42. The van der Waals surface area contributed by atoms with E-state index in [2.05, 4.69) is 240 Å². The van der Waals surface area contributed by atoms with Gasteiger partial charge in [0.2, 0.25) is 0 Å². The van der Waals surface area contributed by atoms with Crippen molar-refractivity contribution < 1.29 is 0 Å². The van der Waals surface area contributed by atoms with E-state index >= 15 is 0 Å². The van der Waals surface area contributed by atoms with Gasteiger partial charge in [0.15, 0.2) is 0 Å². The Hall–Kier alpha value is -5.86. The zero-order valence-electron chi connectivity index (χ0n) is 39.8. The zero-order chi connectivity index (χ0) is 44.4. The third-order valence-electron chi connectivity index (χ3n) is 12.7. The van der Waals surface area contributed by atoms with Crippen molar-refractivity contribution in [2.45, 2.75) is 120 Å². The number of benzene rings is 8. The fraction of sp³-hybridized carbons (Fsp3) is 0.300. The molecule has 0 unspecified atom stereocenters. The Bertz CT molecular complexity index is 2780. The number of fused-ring (bicyclic) bond motifs is 5. The van der Waals surface area contributed by atoms with Crippen molar-refractivity contribution in [1.82, 2.24) is 0 Å². The number of nitrogens with zero attached hydrogens (tertiary/aromatic N) is 2. The maximum atomic E-state index is 2.54. The molecule has 2 heteroatoms. The van der Waals surface area contributed by atoms with Gasteiger partial charge in [-0.25, -0.2) is 0 Å². The summed E-state index contributed by atoms with van der Waals surface area (Å²) in [5.41, 5.74) is 17.5. The van der Waals surface area contributed by atoms with Gasteiger partial charge in [0, 0.05) is 33.5 Å². The van der Waals surface area contributed by atoms with Crippen LogP contribution in [0.4, 0.5) is 34.1 Å². The minimum atomic E-state index is -0.00969. The number of aryl methyl sites for hydroxylation is 4. The SMILES string of the molecule is Cc1cc(C(C)C)cc(N(c2cc(C)cc(C(C)(C)C)c2)c2cc3c4ccccc4c(N(c4cc(C)cc(C(C)C)c4)c4cc(C)cc(C(C)(C)C)c4)cc3c3ccccc23)c1. The highest BCUT2D eigenvalue weighted by atomic mass is 15.2. The van der Waals surface area contributed by atoms with Gasteiger partial charge in [-0.15, -0.1) is 0 Å². The molecule has 0 heterocycles. The van der Waals surface area contributed by atoms with E-state index in [0.717, 1.165) is 0 Å². The molecule has 0 saturated carbocycles. The first-order valence-electron chi connectivity index (χ1n) is 22.7. The first-order chi connectivity index (χ1) is 29.3. The Morgan fingerprint density at radius 2 is 0.645 bits per heavy atom. The highest BCUT2D eigenvalue weighted by molar-refractivity contribution is 6.24. The summed E-state index contributed by atoms with van der Waals surface area (Å²) >= 11 is 0. The Morgan fingerprint density at radius 3 is 0.968 bits per heavy atom. The second-order valence-corrected chi connectivity index (χ2v) is 20.8. The summed E-state index contributed by atoms with van der Waals surface area (Å²) in [6.45, 7) is 32.1. The largest absolute Gasteiger partial charge is 0.310 e. The fourth-order valence-corrected chi connectivity index (χ4v) is 9.30. The monoisotopic (exact) mass is 815 g/mol. The van der Waals surface area contributed by atoms with E-state index in [-0.39, 0.29) is 10.8 Å². The summed E-state index contributed by atoms with van der Waals surface area (Å²) in [5.74, 6) is 0.796. The van der Waals surface area contributed by atoms with Crippen molar-refractivity contribution in [2.75, 3.05) is 9.80 Å². The van der Waals surface area contributed by atoms with Gasteiger partial charge in [-0.3, -0.25) is 0 Å². The molecule has 8 aromatic carbocycles. The molecule has 8 aromatic rings. The number of hydrogen-bond donors (Lipinski definition) is 0. The normalized spacial score (nSPS) is 12.3. The van der Waals surface area contributed by atoms with Crippen molar-refractivity contribution in [1.29, 1.82) is 0 Å². The molecule has 8 rings (SSSR count). The van der Waals surface area contributed by atoms with Crippen LogP contribution in [-0.4, -0.2) is 0 Å². The molecular formula is C60H66N2. The summed E-state index contributed by atoms with van der Waals surface area (Å²) < 4.78 is 0. The summed E-state index contributed by atoms with van der Waals surface area (Å²) in [6.07, 6.45) is 0. The smallest absolute Gasteiger partial charge is 0.0546 e. The Kier molecular flexibility index (Phi) is 11.1. The third-order valence-corrected chi connectivity index (χ3v) is 12.7. The second kappa shape index (κ2) is 16.1. The summed E-state index contributed by atoms with van der Waals surface area (Å²) in [6, 6.07) is 51.7. The van der Waals surface area contributed by atoms with Crippen LogP contribution < -0.4 is 9.80 Å². The standard InChI is InChI=1S/C60H66N2/c1-37(2)43-23-39(5)27-47(31-43)61(49-29-41(7)25-45(33-49)59(9,10)11)57-35-55-52-20-16-18-22-54(52)58(36-56(55)51-19-15-17-21-53(51)57)62(48-28-40(6)24-44(32-48)38(3)4)50-30-42(8)26-46(34-50)60(12,13)14/h15-38H,1-14H3. The summed E-state index contributed by atoms with van der Waals surface area (Å²) in [4.78, 5) is 5.08. The molecule has 0 amide bonds. The predicted molar refractivity (Wildman–Crippen MR) is 273 cm³/mol. The van der Waals surface area contributed by atoms with E-state index in [1.54, 1.807) is 0 Å². The molecule has 0 aromatic heterocycles. The van der Waals surface area contributed by atoms with Gasteiger partial charge >= 0.3 is 0 Å². The molecule has 0 aliphatic carbocycles. The highest BCUT2D eigenvalue weighted by Gasteiger charge is 2.26. The lowest BCUT2D eigenvalue weighted by Gasteiger charge is -2.32. The lowest BCUT2D eigenvalue weighted by atomic mass is 9.85. The number of rotatable bonds is 8. The molecule has 2 nitrogen and oxygen atoms in total. The van der Waals surface area contributed by atoms with E-state index in [4.69, 9.17) is 0 Å². The van der Waals surface area contributed by atoms with Crippen LogP contribution in [0.2, 0.25) is 0 Å². The zero-order valence-corrected chi connectivity index (χ0v) is 39.8. The summed E-state index contributed by atoms with van der Waals surface area (Å²) in [7, 11) is 0. The van der Waals surface area contributed by atoms with Crippen molar-refractivity contribution in [3.8, 4) is 0 Å². The molecule has 62 heavy (non-hydrogen) atoms. The third kappa shape index (κ3) is 8.25. The van der Waals surface area contributed by atoms with Crippen LogP contribution in [0.1, 0.15) is 126 Å². The molecule has 0 aliphatic heterocycles. The molecule has 0 atom stereocenters. The molecule has 0 saturated heterocycles. The molecule has 0 N–H and O–H groups in total. The topological polar surface area (TPSA) is 6.48 Å². The van der Waals surface area contributed by atoms with Gasteiger partial charge in [-0.1, -0.05) is 142 Å². The first-order valence-corrected chi connectivity index (χ1v) is 22.7. The number of hydrogen-bond acceptors (Lipinski definition) is 2. The number of anilines is 6. The van der Waals surface area contributed by atoms with Crippen LogP contribution in [0.15, 0.2) is 133 Å². The van der Waals surface area contributed by atoms with Crippen LogP contribution in [0.3, 0.4) is 0 Å². The van der Waals surface area contributed by atoms with Crippen molar-refractivity contribution >= 4 is 66.4 Å². The van der Waals surface area contributed by atoms with Crippen LogP contribution in [0.5, 0.6) is 0 Å². The molecular weight excluding hydrogens is 749 g/mol.